The fourth-order valence-corrected chi connectivity index (χ4v) is 1.85. The van der Waals surface area contributed by atoms with E-state index in [1.807, 2.05) is 0 Å². The Morgan fingerprint density at radius 3 is 2.50 bits per heavy atom. The monoisotopic (exact) mass is 219 g/mol. The van der Waals surface area contributed by atoms with Crippen molar-refractivity contribution in [2.75, 3.05) is 6.61 Å². The van der Waals surface area contributed by atoms with Gasteiger partial charge in [-0.15, -0.1) is 0 Å². The number of hydrogen-bond donors (Lipinski definition) is 0. The van der Waals surface area contributed by atoms with Crippen LogP contribution in [0.4, 0.5) is 0 Å². The Bertz CT molecular complexity index is 130. The van der Waals surface area contributed by atoms with Crippen molar-refractivity contribution < 1.29 is 4.74 Å². The van der Waals surface area contributed by atoms with E-state index in [1.165, 1.54) is 0 Å². The molecule has 1 heterocycles. The van der Waals surface area contributed by atoms with Crippen molar-refractivity contribution in [3.8, 4) is 0 Å². The number of nitrogens with zero attached hydrogens (tertiary/aromatic N) is 1. The molecule has 0 aromatic heterocycles. The van der Waals surface area contributed by atoms with Crippen molar-refractivity contribution >= 4 is 26.4 Å². The summed E-state index contributed by atoms with van der Waals surface area (Å²) in [5.41, 5.74) is 0.0643. The zero-order chi connectivity index (χ0) is 6.20. The van der Waals surface area contributed by atoms with Gasteiger partial charge in [-0.2, -0.15) is 0 Å². The summed E-state index contributed by atoms with van der Waals surface area (Å²) < 4.78 is 6.12. The standard InChI is InChI=1S/C5H8NO.Sn.H/c1-5(2)3-7-4-6-5;;/h3H2,1-2H3;;. The number of aliphatic imine (C=N–C) groups is 1. The van der Waals surface area contributed by atoms with Gasteiger partial charge in [0, 0.05) is 0 Å². The van der Waals surface area contributed by atoms with Crippen LogP contribution in [0.25, 0.3) is 0 Å². The first-order valence-electron chi connectivity index (χ1n) is 2.58. The molecule has 0 N–H and O–H groups in total. The molecule has 3 heteroatoms. The second-order valence-corrected chi connectivity index (χ2v) is 3.96. The van der Waals surface area contributed by atoms with Gasteiger partial charge in [-0.3, -0.25) is 0 Å². The topological polar surface area (TPSA) is 21.6 Å². The van der Waals surface area contributed by atoms with E-state index in [0.29, 0.717) is 0 Å². The van der Waals surface area contributed by atoms with Gasteiger partial charge in [0.2, 0.25) is 0 Å². The van der Waals surface area contributed by atoms with E-state index in [1.54, 1.807) is 0 Å². The van der Waals surface area contributed by atoms with Crippen molar-refractivity contribution in [3.63, 3.8) is 0 Å². The molecule has 0 saturated heterocycles. The molecule has 0 aromatic carbocycles. The van der Waals surface area contributed by atoms with E-state index in [9.17, 15) is 0 Å². The molecule has 0 aliphatic carbocycles. The van der Waals surface area contributed by atoms with Gasteiger partial charge in [0.1, 0.15) is 0 Å². The Labute approximate surface area is 62.4 Å². The molecule has 0 spiro atoms. The molecular formula is C5H9NOSn. The first-order chi connectivity index (χ1) is 3.60. The van der Waals surface area contributed by atoms with Crippen molar-refractivity contribution in [1.82, 2.24) is 0 Å². The van der Waals surface area contributed by atoms with E-state index in [2.05, 4.69) is 18.8 Å². The molecule has 1 rings (SSSR count). The Morgan fingerprint density at radius 1 is 1.75 bits per heavy atom. The summed E-state index contributed by atoms with van der Waals surface area (Å²) in [4.78, 5) is 4.27. The zero-order valence-corrected chi connectivity index (χ0v) is 8.44. The number of hydrogen-bond acceptors (Lipinski definition) is 2. The van der Waals surface area contributed by atoms with Gasteiger partial charge in [0.25, 0.3) is 0 Å². The van der Waals surface area contributed by atoms with Crippen LogP contribution in [-0.2, 0) is 4.74 Å². The zero-order valence-electron chi connectivity index (χ0n) is 5.14. The Morgan fingerprint density at radius 2 is 2.38 bits per heavy atom. The van der Waals surface area contributed by atoms with Crippen LogP contribution in [0.2, 0.25) is 0 Å². The SMILES string of the molecule is CC1(C)CO[C]([SnH])=N1. The maximum atomic E-state index is 5.18. The van der Waals surface area contributed by atoms with Crippen molar-refractivity contribution in [3.05, 3.63) is 0 Å². The molecular weight excluding hydrogens is 209 g/mol. The molecule has 0 aromatic rings. The van der Waals surface area contributed by atoms with E-state index in [-0.39, 0.29) is 5.54 Å². The molecule has 0 bridgehead atoms. The van der Waals surface area contributed by atoms with Crippen molar-refractivity contribution in [2.45, 2.75) is 19.4 Å². The summed E-state index contributed by atoms with van der Waals surface area (Å²) in [6.45, 7) is 4.93. The van der Waals surface area contributed by atoms with Crippen LogP contribution in [0.3, 0.4) is 0 Å². The van der Waals surface area contributed by atoms with Crippen LogP contribution < -0.4 is 0 Å². The van der Waals surface area contributed by atoms with Gasteiger partial charge in [-0.1, -0.05) is 0 Å². The second-order valence-electron chi connectivity index (χ2n) is 2.55. The van der Waals surface area contributed by atoms with Gasteiger partial charge in [-0.25, -0.2) is 0 Å². The average molecular weight is 218 g/mol. The third-order valence-electron chi connectivity index (χ3n) is 0.986. The van der Waals surface area contributed by atoms with E-state index < -0.39 is 0 Å². The Kier molecular flexibility index (Phi) is 1.52. The summed E-state index contributed by atoms with van der Waals surface area (Å²) >= 11 is 1.01. The molecule has 0 atom stereocenters. The number of ether oxygens (including phenoxy) is 1. The van der Waals surface area contributed by atoms with Gasteiger partial charge in [-0.05, 0) is 0 Å². The first kappa shape index (κ1) is 6.39. The molecule has 2 nitrogen and oxygen atoms in total. The van der Waals surface area contributed by atoms with Crippen molar-refractivity contribution in [1.29, 1.82) is 0 Å². The molecule has 44 valence electrons. The first-order valence-corrected chi connectivity index (χ1v) is 4.23. The Balaban J connectivity index is 2.67. The summed E-state index contributed by atoms with van der Waals surface area (Å²) in [5.74, 6) is 0. The van der Waals surface area contributed by atoms with Crippen LogP contribution in [-0.4, -0.2) is 38.6 Å². The fraction of sp³-hybridized carbons (Fsp3) is 0.800. The molecule has 0 fully saturated rings. The summed E-state index contributed by atoms with van der Waals surface area (Å²) in [5, 5.41) is 0. The molecule has 1 aliphatic rings. The predicted molar refractivity (Wildman–Crippen MR) is 34.6 cm³/mol. The van der Waals surface area contributed by atoms with Gasteiger partial charge >= 0.3 is 62.2 Å². The quantitative estimate of drug-likeness (QED) is 0.526. The molecule has 2 radical (unpaired) electrons. The molecule has 0 saturated carbocycles. The van der Waals surface area contributed by atoms with Crippen molar-refractivity contribution in [2.24, 2.45) is 4.99 Å². The normalized spacial score (nSPS) is 24.6. The van der Waals surface area contributed by atoms with Crippen LogP contribution in [0, 0.1) is 0 Å². The third kappa shape index (κ3) is 1.37. The van der Waals surface area contributed by atoms with Crippen LogP contribution in [0.15, 0.2) is 4.99 Å². The molecule has 0 amide bonds. The molecule has 1 aliphatic heterocycles. The van der Waals surface area contributed by atoms with Crippen LogP contribution >= 0.6 is 0 Å². The summed E-state index contributed by atoms with van der Waals surface area (Å²) in [7, 11) is 0. The van der Waals surface area contributed by atoms with Crippen LogP contribution in [0.1, 0.15) is 13.8 Å². The third-order valence-corrected chi connectivity index (χ3v) is 1.83. The fourth-order valence-electron chi connectivity index (χ4n) is 0.613. The Hall–Kier alpha value is 0.269. The molecule has 8 heavy (non-hydrogen) atoms. The van der Waals surface area contributed by atoms with E-state index in [0.717, 1.165) is 33.0 Å². The summed E-state index contributed by atoms with van der Waals surface area (Å²) in [6.07, 6.45) is 0. The minimum atomic E-state index is 0.0643. The van der Waals surface area contributed by atoms with Gasteiger partial charge < -0.3 is 0 Å². The average Bonchev–Trinajstić information content (AvgIpc) is 1.82. The number of rotatable bonds is 0. The second kappa shape index (κ2) is 1.90. The minimum absolute atomic E-state index is 0.0643. The van der Waals surface area contributed by atoms with E-state index >= 15 is 0 Å². The van der Waals surface area contributed by atoms with Gasteiger partial charge in [0.15, 0.2) is 0 Å². The maximum absolute atomic E-state index is 5.18. The van der Waals surface area contributed by atoms with E-state index in [4.69, 9.17) is 4.74 Å². The van der Waals surface area contributed by atoms with Crippen LogP contribution in [0.5, 0.6) is 0 Å². The summed E-state index contributed by atoms with van der Waals surface area (Å²) in [6, 6.07) is 0. The van der Waals surface area contributed by atoms with Gasteiger partial charge in [0.05, 0.1) is 0 Å². The predicted octanol–water partition coefficient (Wildman–Crippen LogP) is 0.0520. The molecule has 0 unspecified atom stereocenters.